The molecule has 6 heteroatoms. The molecule has 4 aromatic rings. The van der Waals surface area contributed by atoms with Crippen molar-refractivity contribution in [3.63, 3.8) is 0 Å². The van der Waals surface area contributed by atoms with Crippen LogP contribution in [0.4, 0.5) is 0 Å². The molecular weight excluding hydrogens is 348 g/mol. The minimum atomic E-state index is 0.443. The van der Waals surface area contributed by atoms with Crippen LogP contribution in [0.25, 0.3) is 16.8 Å². The molecule has 0 amide bonds. The molecule has 1 aliphatic heterocycles. The van der Waals surface area contributed by atoms with E-state index < -0.39 is 0 Å². The third kappa shape index (κ3) is 2.99. The lowest BCUT2D eigenvalue weighted by atomic mass is 9.99. The molecule has 1 aliphatic rings. The van der Waals surface area contributed by atoms with E-state index in [4.69, 9.17) is 4.98 Å². The molecule has 0 saturated heterocycles. The van der Waals surface area contributed by atoms with E-state index in [0.717, 1.165) is 42.8 Å². The second-order valence-electron chi connectivity index (χ2n) is 7.84. The van der Waals surface area contributed by atoms with E-state index in [1.807, 2.05) is 35.1 Å². The number of H-pyrrole nitrogens is 1. The number of aromatic amines is 1. The van der Waals surface area contributed by atoms with Gasteiger partial charge < -0.3 is 0 Å². The third-order valence-corrected chi connectivity index (χ3v) is 5.49. The highest BCUT2D eigenvalue weighted by molar-refractivity contribution is 5.76. The molecule has 3 aromatic heterocycles. The van der Waals surface area contributed by atoms with Gasteiger partial charge >= 0.3 is 0 Å². The molecule has 5 rings (SSSR count). The topological polar surface area (TPSA) is 62.1 Å². The highest BCUT2D eigenvalue weighted by Gasteiger charge is 2.23. The summed E-state index contributed by atoms with van der Waals surface area (Å²) in [5, 5.41) is 12.3. The lowest BCUT2D eigenvalue weighted by Gasteiger charge is -2.27. The fourth-order valence-corrected chi connectivity index (χ4v) is 4.06. The monoisotopic (exact) mass is 372 g/mol. The molecule has 142 valence electrons. The Bertz CT molecular complexity index is 1110. The van der Waals surface area contributed by atoms with Crippen LogP contribution in [-0.2, 0) is 19.5 Å². The number of rotatable bonds is 4. The number of hydrogen-bond acceptors (Lipinski definition) is 4. The maximum atomic E-state index is 4.72. The predicted molar refractivity (Wildman–Crippen MR) is 109 cm³/mol. The van der Waals surface area contributed by atoms with E-state index in [1.54, 1.807) is 0 Å². The second-order valence-corrected chi connectivity index (χ2v) is 7.84. The average molecular weight is 372 g/mol. The number of aromatic nitrogens is 5. The fourth-order valence-electron chi connectivity index (χ4n) is 4.06. The van der Waals surface area contributed by atoms with Gasteiger partial charge in [-0.2, -0.15) is 10.2 Å². The molecule has 1 aromatic carbocycles. The Hall–Kier alpha value is -2.99. The molecule has 0 atom stereocenters. The summed E-state index contributed by atoms with van der Waals surface area (Å²) in [5.41, 5.74) is 8.15. The number of nitrogens with one attached hydrogen (secondary N) is 1. The Labute approximate surface area is 164 Å². The van der Waals surface area contributed by atoms with E-state index >= 15 is 0 Å². The summed E-state index contributed by atoms with van der Waals surface area (Å²) in [5.74, 6) is 0.443. The van der Waals surface area contributed by atoms with Crippen molar-refractivity contribution in [1.29, 1.82) is 0 Å². The zero-order valence-electron chi connectivity index (χ0n) is 16.3. The molecule has 0 bridgehead atoms. The van der Waals surface area contributed by atoms with Gasteiger partial charge in [-0.15, -0.1) is 0 Å². The summed E-state index contributed by atoms with van der Waals surface area (Å²) in [6.45, 7) is 7.24. The summed E-state index contributed by atoms with van der Waals surface area (Å²) in [4.78, 5) is 7.18. The Balaban J connectivity index is 1.38. The number of hydrogen-bond donors (Lipinski definition) is 1. The number of fused-ring (bicyclic) bond motifs is 2. The standard InChI is InChI=1S/C22H24N6/c1-15(2)21-19-14-27(9-8-20(19)25-26-21)12-16-10-23-22-18(11-24-28(22)13-16)17-6-4-3-5-7-17/h3-7,10-11,13,15H,8-9,12,14H2,1-2H3,(H,25,26). The largest absolute Gasteiger partial charge is 0.294 e. The lowest BCUT2D eigenvalue weighted by molar-refractivity contribution is 0.243. The van der Waals surface area contributed by atoms with Crippen LogP contribution in [0.2, 0.25) is 0 Å². The minimum Gasteiger partial charge on any atom is -0.294 e. The van der Waals surface area contributed by atoms with E-state index in [9.17, 15) is 0 Å². The molecule has 0 aliphatic carbocycles. The first-order valence-corrected chi connectivity index (χ1v) is 9.85. The minimum absolute atomic E-state index is 0.443. The van der Waals surface area contributed by atoms with E-state index in [2.05, 4.69) is 52.4 Å². The smallest absolute Gasteiger partial charge is 0.162 e. The molecule has 0 spiro atoms. The first kappa shape index (κ1) is 17.1. The van der Waals surface area contributed by atoms with Gasteiger partial charge in [-0.3, -0.25) is 10.00 Å². The van der Waals surface area contributed by atoms with Crippen molar-refractivity contribution in [1.82, 2.24) is 29.7 Å². The van der Waals surface area contributed by atoms with Gasteiger partial charge in [0.15, 0.2) is 5.65 Å². The summed E-state index contributed by atoms with van der Waals surface area (Å²) < 4.78 is 1.89. The van der Waals surface area contributed by atoms with Crippen LogP contribution in [-0.4, -0.2) is 36.2 Å². The van der Waals surface area contributed by atoms with Crippen LogP contribution in [0, 0.1) is 0 Å². The molecule has 0 saturated carbocycles. The number of nitrogens with zero attached hydrogens (tertiary/aromatic N) is 5. The summed E-state index contributed by atoms with van der Waals surface area (Å²) >= 11 is 0. The molecule has 4 heterocycles. The van der Waals surface area contributed by atoms with Gasteiger partial charge in [-0.05, 0) is 11.5 Å². The average Bonchev–Trinajstić information content (AvgIpc) is 3.32. The van der Waals surface area contributed by atoms with Gasteiger partial charge in [-0.1, -0.05) is 44.2 Å². The molecule has 0 unspecified atom stereocenters. The normalized spacial score (nSPS) is 14.7. The quantitative estimate of drug-likeness (QED) is 0.592. The Morgan fingerprint density at radius 1 is 1.14 bits per heavy atom. The highest BCUT2D eigenvalue weighted by Crippen LogP contribution is 2.27. The molecule has 1 N–H and O–H groups in total. The van der Waals surface area contributed by atoms with E-state index in [0.29, 0.717) is 5.92 Å². The summed E-state index contributed by atoms with van der Waals surface area (Å²) in [6, 6.07) is 10.3. The first-order chi connectivity index (χ1) is 13.7. The SMILES string of the molecule is CC(C)c1n[nH]c2c1CN(Cc1cnc3c(-c4ccccc4)cnn3c1)CC2. The van der Waals surface area contributed by atoms with E-state index in [1.165, 1.54) is 22.5 Å². The number of benzene rings is 1. The van der Waals surface area contributed by atoms with E-state index in [-0.39, 0.29) is 0 Å². The fraction of sp³-hybridized carbons (Fsp3) is 0.318. The Kier molecular flexibility index (Phi) is 4.20. The molecule has 28 heavy (non-hydrogen) atoms. The van der Waals surface area contributed by atoms with Gasteiger partial charge in [0.2, 0.25) is 0 Å². The molecule has 0 radical (unpaired) electrons. The van der Waals surface area contributed by atoms with Crippen LogP contribution in [0.5, 0.6) is 0 Å². The maximum absolute atomic E-state index is 4.72. The van der Waals surface area contributed by atoms with Crippen LogP contribution >= 0.6 is 0 Å². The molecular formula is C22H24N6. The van der Waals surface area contributed by atoms with Crippen LogP contribution in [0.3, 0.4) is 0 Å². The van der Waals surface area contributed by atoms with Crippen molar-refractivity contribution in [3.8, 4) is 11.1 Å². The van der Waals surface area contributed by atoms with Crippen LogP contribution < -0.4 is 0 Å². The first-order valence-electron chi connectivity index (χ1n) is 9.85. The van der Waals surface area contributed by atoms with Gasteiger partial charge in [0, 0.05) is 60.8 Å². The zero-order valence-corrected chi connectivity index (χ0v) is 16.3. The van der Waals surface area contributed by atoms with Crippen molar-refractivity contribution in [2.24, 2.45) is 0 Å². The van der Waals surface area contributed by atoms with Crippen molar-refractivity contribution >= 4 is 5.65 Å². The van der Waals surface area contributed by atoms with Gasteiger partial charge in [0.1, 0.15) is 0 Å². The maximum Gasteiger partial charge on any atom is 0.162 e. The molecule has 6 nitrogen and oxygen atoms in total. The van der Waals surface area contributed by atoms with Crippen molar-refractivity contribution in [2.45, 2.75) is 39.3 Å². The van der Waals surface area contributed by atoms with Gasteiger partial charge in [0.25, 0.3) is 0 Å². The Morgan fingerprint density at radius 2 is 2.00 bits per heavy atom. The van der Waals surface area contributed by atoms with Crippen LogP contribution in [0.15, 0.2) is 48.9 Å². The second kappa shape index (κ2) is 6.87. The van der Waals surface area contributed by atoms with Crippen LogP contribution in [0.1, 0.15) is 42.3 Å². The summed E-state index contributed by atoms with van der Waals surface area (Å²) in [7, 11) is 0. The third-order valence-electron chi connectivity index (χ3n) is 5.49. The zero-order chi connectivity index (χ0) is 19.1. The van der Waals surface area contributed by atoms with Crippen molar-refractivity contribution < 1.29 is 0 Å². The highest BCUT2D eigenvalue weighted by atomic mass is 15.2. The lowest BCUT2D eigenvalue weighted by Crippen LogP contribution is -2.30. The molecule has 0 fully saturated rings. The van der Waals surface area contributed by atoms with Crippen molar-refractivity contribution in [2.75, 3.05) is 6.54 Å². The van der Waals surface area contributed by atoms with Crippen molar-refractivity contribution in [3.05, 3.63) is 71.4 Å². The predicted octanol–water partition coefficient (Wildman–Crippen LogP) is 3.80. The Morgan fingerprint density at radius 3 is 2.82 bits per heavy atom. The van der Waals surface area contributed by atoms with Gasteiger partial charge in [0.05, 0.1) is 11.9 Å². The summed E-state index contributed by atoms with van der Waals surface area (Å²) in [6.07, 6.45) is 7.00. The van der Waals surface area contributed by atoms with Gasteiger partial charge in [-0.25, -0.2) is 9.50 Å².